The van der Waals surface area contributed by atoms with Gasteiger partial charge in [0.15, 0.2) is 0 Å². The molecule has 1 amide bonds. The van der Waals surface area contributed by atoms with E-state index in [1.165, 1.54) is 0 Å². The molecule has 1 aromatic rings. The highest BCUT2D eigenvalue weighted by Gasteiger charge is 2.41. The van der Waals surface area contributed by atoms with Gasteiger partial charge >= 0.3 is 0 Å². The average Bonchev–Trinajstić information content (AvgIpc) is 2.90. The highest BCUT2D eigenvalue weighted by Crippen LogP contribution is 2.39. The summed E-state index contributed by atoms with van der Waals surface area (Å²) in [4.78, 5) is 25.4. The van der Waals surface area contributed by atoms with E-state index in [0.717, 1.165) is 38.9 Å². The molecule has 1 spiro atoms. The molecule has 1 aromatic carbocycles. The van der Waals surface area contributed by atoms with Crippen LogP contribution in [-0.2, 0) is 0 Å². The van der Waals surface area contributed by atoms with Crippen LogP contribution in [0.25, 0.3) is 0 Å². The first-order valence-electron chi connectivity index (χ1n) is 7.76. The third-order valence-corrected chi connectivity index (χ3v) is 5.04. The zero-order valence-corrected chi connectivity index (χ0v) is 14.0. The number of nitrogens with zero attached hydrogens (tertiary/aromatic N) is 2. The van der Waals surface area contributed by atoms with Crippen LogP contribution in [-0.4, -0.2) is 41.9 Å². The van der Waals surface area contributed by atoms with Crippen molar-refractivity contribution in [1.29, 1.82) is 0 Å². The molecule has 0 bridgehead atoms. The minimum Gasteiger partial charge on any atom is -0.338 e. The van der Waals surface area contributed by atoms with E-state index in [1.807, 2.05) is 0 Å². The van der Waals surface area contributed by atoms with Gasteiger partial charge in [0, 0.05) is 18.7 Å². The van der Waals surface area contributed by atoms with Crippen LogP contribution in [0.4, 0.5) is 5.69 Å². The van der Waals surface area contributed by atoms with Crippen LogP contribution >= 0.6 is 12.4 Å². The number of likely N-dealkylation sites (tertiary alicyclic amines) is 1. The van der Waals surface area contributed by atoms with Crippen molar-refractivity contribution in [1.82, 2.24) is 10.2 Å². The number of hydrogen-bond acceptors (Lipinski definition) is 4. The number of benzene rings is 1. The van der Waals surface area contributed by atoms with Crippen LogP contribution < -0.4 is 5.32 Å². The highest BCUT2D eigenvalue weighted by molar-refractivity contribution is 5.98. The van der Waals surface area contributed by atoms with E-state index in [1.54, 1.807) is 30.0 Å². The number of nitrogens with one attached hydrogen (secondary N) is 1. The maximum Gasteiger partial charge on any atom is 0.285 e. The van der Waals surface area contributed by atoms with Crippen molar-refractivity contribution in [3.8, 4) is 0 Å². The fourth-order valence-electron chi connectivity index (χ4n) is 3.72. The van der Waals surface area contributed by atoms with Gasteiger partial charge in [-0.2, -0.15) is 0 Å². The number of carbonyl (C=O) groups excluding carboxylic acids is 1. The molecule has 2 aliphatic heterocycles. The van der Waals surface area contributed by atoms with E-state index in [9.17, 15) is 14.9 Å². The number of nitro groups is 1. The summed E-state index contributed by atoms with van der Waals surface area (Å²) in [5, 5.41) is 14.6. The SMILES string of the molecule is Cc1cccc(C(=O)N2CCC3(CCNCC3)C2)c1[N+](=O)[O-].Cl. The molecule has 0 atom stereocenters. The number of halogens is 1. The monoisotopic (exact) mass is 339 g/mol. The molecule has 0 unspecified atom stereocenters. The minimum absolute atomic E-state index is 0. The summed E-state index contributed by atoms with van der Waals surface area (Å²) >= 11 is 0. The second-order valence-corrected chi connectivity index (χ2v) is 6.45. The maximum atomic E-state index is 12.8. The quantitative estimate of drug-likeness (QED) is 0.663. The number of nitro benzene ring substituents is 1. The first-order chi connectivity index (χ1) is 10.5. The van der Waals surface area contributed by atoms with Crippen molar-refractivity contribution in [3.63, 3.8) is 0 Å². The van der Waals surface area contributed by atoms with Crippen molar-refractivity contribution >= 4 is 24.0 Å². The molecular formula is C16H22ClN3O3. The Morgan fingerprint density at radius 2 is 2.00 bits per heavy atom. The maximum absolute atomic E-state index is 12.8. The molecule has 0 saturated carbocycles. The molecular weight excluding hydrogens is 318 g/mol. The number of amides is 1. The van der Waals surface area contributed by atoms with E-state index in [0.29, 0.717) is 12.1 Å². The Hall–Kier alpha value is -1.66. The number of aryl methyl sites for hydroxylation is 1. The molecule has 3 rings (SSSR count). The first kappa shape index (κ1) is 17.7. The van der Waals surface area contributed by atoms with Crippen molar-refractivity contribution < 1.29 is 9.72 Å². The Bertz CT molecular complexity index is 615. The van der Waals surface area contributed by atoms with Gasteiger partial charge in [0.05, 0.1) is 4.92 Å². The third-order valence-electron chi connectivity index (χ3n) is 5.04. The Kier molecular flexibility index (Phi) is 5.26. The molecule has 2 saturated heterocycles. The van der Waals surface area contributed by atoms with Gasteiger partial charge in [0.1, 0.15) is 5.56 Å². The molecule has 0 aliphatic carbocycles. The minimum atomic E-state index is -0.446. The van der Waals surface area contributed by atoms with Crippen LogP contribution in [0.5, 0.6) is 0 Å². The third kappa shape index (κ3) is 3.33. The van der Waals surface area contributed by atoms with Crippen LogP contribution in [0, 0.1) is 22.5 Å². The Labute approximate surface area is 141 Å². The summed E-state index contributed by atoms with van der Waals surface area (Å²) < 4.78 is 0. The van der Waals surface area contributed by atoms with E-state index in [-0.39, 0.29) is 35.0 Å². The van der Waals surface area contributed by atoms with E-state index >= 15 is 0 Å². The molecule has 0 aromatic heterocycles. The molecule has 1 N–H and O–H groups in total. The van der Waals surface area contributed by atoms with Crippen LogP contribution in [0.1, 0.15) is 35.2 Å². The van der Waals surface area contributed by atoms with Crippen LogP contribution in [0.3, 0.4) is 0 Å². The fraction of sp³-hybridized carbons (Fsp3) is 0.562. The average molecular weight is 340 g/mol. The standard InChI is InChI=1S/C16H21N3O3.ClH/c1-12-3-2-4-13(14(12)19(21)22)15(20)18-10-7-16(11-18)5-8-17-9-6-16;/h2-4,17H,5-11H2,1H3;1H. The summed E-state index contributed by atoms with van der Waals surface area (Å²) in [6.07, 6.45) is 3.15. The summed E-state index contributed by atoms with van der Waals surface area (Å²) in [6, 6.07) is 4.96. The first-order valence-corrected chi connectivity index (χ1v) is 7.76. The molecule has 2 heterocycles. The lowest BCUT2D eigenvalue weighted by Gasteiger charge is -2.33. The zero-order valence-electron chi connectivity index (χ0n) is 13.2. The molecule has 2 aliphatic rings. The topological polar surface area (TPSA) is 75.5 Å². The molecule has 126 valence electrons. The number of rotatable bonds is 2. The van der Waals surface area contributed by atoms with E-state index in [4.69, 9.17) is 0 Å². The summed E-state index contributed by atoms with van der Waals surface area (Å²) in [5.74, 6) is -0.203. The van der Waals surface area contributed by atoms with Crippen LogP contribution in [0.2, 0.25) is 0 Å². The van der Waals surface area contributed by atoms with Gasteiger partial charge in [-0.25, -0.2) is 0 Å². The number of hydrogen-bond donors (Lipinski definition) is 1. The lowest BCUT2D eigenvalue weighted by atomic mass is 9.78. The second kappa shape index (κ2) is 6.84. The normalized spacial score (nSPS) is 19.4. The zero-order chi connectivity index (χ0) is 15.7. The largest absolute Gasteiger partial charge is 0.338 e. The van der Waals surface area contributed by atoms with Gasteiger partial charge in [0.25, 0.3) is 11.6 Å². The van der Waals surface area contributed by atoms with E-state index < -0.39 is 4.92 Å². The highest BCUT2D eigenvalue weighted by atomic mass is 35.5. The van der Waals surface area contributed by atoms with Gasteiger partial charge in [-0.15, -0.1) is 12.4 Å². The van der Waals surface area contributed by atoms with Gasteiger partial charge in [-0.1, -0.05) is 12.1 Å². The van der Waals surface area contributed by atoms with Crippen LogP contribution in [0.15, 0.2) is 18.2 Å². The Balaban J connectivity index is 0.00000192. The van der Waals surface area contributed by atoms with Gasteiger partial charge in [0.2, 0.25) is 0 Å². The Morgan fingerprint density at radius 1 is 1.30 bits per heavy atom. The smallest absolute Gasteiger partial charge is 0.285 e. The number of piperidine rings is 1. The fourth-order valence-corrected chi connectivity index (χ4v) is 3.72. The molecule has 0 radical (unpaired) electrons. The summed E-state index contributed by atoms with van der Waals surface area (Å²) in [6.45, 7) is 5.08. The lowest BCUT2D eigenvalue weighted by molar-refractivity contribution is -0.385. The number of para-hydroxylation sites is 1. The second-order valence-electron chi connectivity index (χ2n) is 6.45. The predicted molar refractivity (Wildman–Crippen MR) is 90.1 cm³/mol. The summed E-state index contributed by atoms with van der Waals surface area (Å²) in [7, 11) is 0. The molecule has 2 fully saturated rings. The van der Waals surface area contributed by atoms with Crippen molar-refractivity contribution in [2.24, 2.45) is 5.41 Å². The Morgan fingerprint density at radius 3 is 2.65 bits per heavy atom. The molecule has 23 heavy (non-hydrogen) atoms. The van der Waals surface area contributed by atoms with E-state index in [2.05, 4.69) is 5.32 Å². The predicted octanol–water partition coefficient (Wildman–Crippen LogP) is 2.54. The van der Waals surface area contributed by atoms with Crippen molar-refractivity contribution in [2.45, 2.75) is 26.2 Å². The van der Waals surface area contributed by atoms with Crippen molar-refractivity contribution in [3.05, 3.63) is 39.4 Å². The molecule has 7 heteroatoms. The number of carbonyl (C=O) groups is 1. The van der Waals surface area contributed by atoms with Gasteiger partial charge in [-0.3, -0.25) is 14.9 Å². The summed E-state index contributed by atoms with van der Waals surface area (Å²) in [5.41, 5.74) is 0.904. The van der Waals surface area contributed by atoms with Crippen molar-refractivity contribution in [2.75, 3.05) is 26.2 Å². The molecule has 6 nitrogen and oxygen atoms in total. The lowest BCUT2D eigenvalue weighted by Crippen LogP contribution is -2.39. The van der Waals surface area contributed by atoms with Gasteiger partial charge in [-0.05, 0) is 50.8 Å². The van der Waals surface area contributed by atoms with Gasteiger partial charge < -0.3 is 10.2 Å².